The molecule has 1 unspecified atom stereocenters. The Hall–Kier alpha value is -0.480. The van der Waals surface area contributed by atoms with Crippen LogP contribution in [0, 0.1) is 0 Å². The fourth-order valence-electron chi connectivity index (χ4n) is 3.71. The van der Waals surface area contributed by atoms with Crippen LogP contribution in [-0.4, -0.2) is 47.9 Å². The summed E-state index contributed by atoms with van der Waals surface area (Å²) in [6.45, 7) is 4.29. The van der Waals surface area contributed by atoms with Crippen LogP contribution in [0.4, 0.5) is 0 Å². The van der Waals surface area contributed by atoms with Crippen molar-refractivity contribution < 1.29 is 17.2 Å². The van der Waals surface area contributed by atoms with Crippen molar-refractivity contribution in [2.75, 3.05) is 26.2 Å². The molecule has 1 aromatic rings. The van der Waals surface area contributed by atoms with Crippen molar-refractivity contribution in [2.45, 2.75) is 44.6 Å². The van der Waals surface area contributed by atoms with Crippen LogP contribution in [0.2, 0.25) is 10.0 Å². The van der Waals surface area contributed by atoms with Gasteiger partial charge < -0.3 is 22.2 Å². The Labute approximate surface area is 160 Å². The summed E-state index contributed by atoms with van der Waals surface area (Å²) < 4.78 is 0. The summed E-state index contributed by atoms with van der Waals surface area (Å²) in [6, 6.07) is 5.84. The highest BCUT2D eigenvalue weighted by Crippen LogP contribution is 2.25. The second-order valence-electron chi connectivity index (χ2n) is 6.67. The average molecular weight is 391 g/mol. The fourth-order valence-corrected chi connectivity index (χ4v) is 4.03. The fraction of sp³-hybridized carbons (Fsp3) is 0.611. The molecule has 2 aliphatic heterocycles. The summed E-state index contributed by atoms with van der Waals surface area (Å²) in [5.74, 6) is 0.215. The van der Waals surface area contributed by atoms with E-state index in [4.69, 9.17) is 23.2 Å². The predicted molar refractivity (Wildman–Crippen MR) is 95.2 cm³/mol. The van der Waals surface area contributed by atoms with Crippen LogP contribution in [0.3, 0.4) is 0 Å². The lowest BCUT2D eigenvalue weighted by molar-refractivity contribution is -0.134. The Morgan fingerprint density at radius 2 is 1.75 bits per heavy atom. The lowest BCUT2D eigenvalue weighted by atomic mass is 10.00. The van der Waals surface area contributed by atoms with Crippen molar-refractivity contribution in [1.29, 1.82) is 0 Å². The number of halogens is 3. The van der Waals surface area contributed by atoms with E-state index in [0.29, 0.717) is 22.5 Å². The summed E-state index contributed by atoms with van der Waals surface area (Å²) in [4.78, 5) is 17.4. The van der Waals surface area contributed by atoms with Gasteiger partial charge in [-0.05, 0) is 62.9 Å². The third-order valence-corrected chi connectivity index (χ3v) is 5.69. The van der Waals surface area contributed by atoms with Crippen LogP contribution in [0.15, 0.2) is 18.2 Å². The molecule has 1 aromatic carbocycles. The minimum absolute atomic E-state index is 0. The lowest BCUT2D eigenvalue weighted by Crippen LogP contribution is -3.00. The van der Waals surface area contributed by atoms with E-state index in [1.165, 1.54) is 32.4 Å². The molecule has 24 heavy (non-hydrogen) atoms. The molecular weight excluding hydrogens is 367 g/mol. The molecule has 0 radical (unpaired) electrons. The molecule has 0 spiro atoms. The first-order valence-corrected chi connectivity index (χ1v) is 9.35. The van der Waals surface area contributed by atoms with Crippen LogP contribution >= 0.6 is 23.2 Å². The third-order valence-electron chi connectivity index (χ3n) is 4.95. The predicted octanol–water partition coefficient (Wildman–Crippen LogP) is 1.02. The van der Waals surface area contributed by atoms with Crippen molar-refractivity contribution in [3.8, 4) is 0 Å². The van der Waals surface area contributed by atoms with Crippen molar-refractivity contribution >= 4 is 29.1 Å². The van der Waals surface area contributed by atoms with E-state index >= 15 is 0 Å². The van der Waals surface area contributed by atoms with Gasteiger partial charge in [0, 0.05) is 19.1 Å². The van der Waals surface area contributed by atoms with Crippen LogP contribution in [0.25, 0.3) is 0 Å². The zero-order valence-electron chi connectivity index (χ0n) is 13.8. The van der Waals surface area contributed by atoms with Crippen molar-refractivity contribution in [3.05, 3.63) is 33.8 Å². The van der Waals surface area contributed by atoms with E-state index in [1.54, 1.807) is 12.1 Å². The normalized spacial score (nSPS) is 21.6. The number of hydrogen-bond donors (Lipinski definition) is 0. The van der Waals surface area contributed by atoms with Gasteiger partial charge in [-0.25, -0.2) is 0 Å². The molecule has 2 saturated heterocycles. The number of likely N-dealkylation sites (tertiary alicyclic amines) is 2. The average Bonchev–Trinajstić information content (AvgIpc) is 3.04. The van der Waals surface area contributed by atoms with E-state index in [1.807, 2.05) is 6.07 Å². The zero-order chi connectivity index (χ0) is 16.2. The van der Waals surface area contributed by atoms with Gasteiger partial charge in [0.1, 0.15) is 0 Å². The largest absolute Gasteiger partial charge is 1.00 e. The second kappa shape index (κ2) is 9.28. The number of carbonyl (C=O) groups excluding carboxylic acids is 1. The van der Waals surface area contributed by atoms with Crippen LogP contribution in [0.1, 0.15) is 37.7 Å². The molecule has 0 N–H and O–H groups in total. The van der Waals surface area contributed by atoms with Crippen molar-refractivity contribution in [1.82, 2.24) is 9.80 Å². The molecule has 2 aliphatic rings. The summed E-state index contributed by atoms with van der Waals surface area (Å²) in [5.41, 5.74) is 0.940. The number of carbonyl (C=O) groups is 1. The zero-order valence-corrected chi connectivity index (χ0v) is 16.1. The molecule has 6 heteroatoms. The number of piperidine rings is 1. The highest BCUT2D eigenvalue weighted by Gasteiger charge is 2.28. The van der Waals surface area contributed by atoms with Gasteiger partial charge in [0.2, 0.25) is 5.91 Å². The number of benzene rings is 1. The molecule has 3 nitrogen and oxygen atoms in total. The number of nitrogens with zero attached hydrogens (tertiary/aromatic N) is 2. The first kappa shape index (κ1) is 19.8. The standard InChI is InChI=1S/C18H24Cl2N2O.ClH/c19-16-7-6-14(11-17(16)20)12-18(23)22-10-2-1-5-15(22)13-21-8-3-4-9-21;/h6-7,11,15H,1-5,8-10,12-13H2;1H/p-1. The Balaban J connectivity index is 0.00000208. The quantitative estimate of drug-likeness (QED) is 0.766. The molecule has 0 aromatic heterocycles. The molecule has 134 valence electrons. The Kier molecular flexibility index (Phi) is 7.67. The maximum absolute atomic E-state index is 12.8. The van der Waals surface area contributed by atoms with Gasteiger partial charge in [-0.1, -0.05) is 29.3 Å². The minimum atomic E-state index is 0. The first-order valence-electron chi connectivity index (χ1n) is 8.59. The van der Waals surface area contributed by atoms with Crippen molar-refractivity contribution in [2.24, 2.45) is 0 Å². The smallest absolute Gasteiger partial charge is 0.227 e. The van der Waals surface area contributed by atoms with Gasteiger partial charge in [0.05, 0.1) is 16.5 Å². The number of amides is 1. The Bertz CT molecular complexity index is 561. The third kappa shape index (κ3) is 5.01. The Morgan fingerprint density at radius 3 is 2.46 bits per heavy atom. The van der Waals surface area contributed by atoms with E-state index in [2.05, 4.69) is 9.80 Å². The highest BCUT2D eigenvalue weighted by molar-refractivity contribution is 6.42. The van der Waals surface area contributed by atoms with E-state index < -0.39 is 0 Å². The van der Waals surface area contributed by atoms with Gasteiger partial charge >= 0.3 is 0 Å². The van der Waals surface area contributed by atoms with Gasteiger partial charge in [0.15, 0.2) is 0 Å². The SMILES string of the molecule is O=C(Cc1ccc(Cl)c(Cl)c1)N1CCCCC1CN1CCCC1.[Cl-]. The summed E-state index contributed by atoms with van der Waals surface area (Å²) in [5, 5.41) is 1.05. The molecule has 0 aliphatic carbocycles. The van der Waals surface area contributed by atoms with Gasteiger partial charge in [-0.15, -0.1) is 0 Å². The Morgan fingerprint density at radius 1 is 1.04 bits per heavy atom. The van der Waals surface area contributed by atoms with Crippen LogP contribution < -0.4 is 12.4 Å². The molecule has 0 bridgehead atoms. The molecule has 2 heterocycles. The number of hydrogen-bond acceptors (Lipinski definition) is 2. The molecular formula is C18H24Cl3N2O-. The summed E-state index contributed by atoms with van der Waals surface area (Å²) in [7, 11) is 0. The molecule has 0 saturated carbocycles. The van der Waals surface area contributed by atoms with E-state index in [9.17, 15) is 4.79 Å². The molecule has 1 amide bonds. The van der Waals surface area contributed by atoms with Gasteiger partial charge in [0.25, 0.3) is 0 Å². The summed E-state index contributed by atoms with van der Waals surface area (Å²) >= 11 is 12.0. The summed E-state index contributed by atoms with van der Waals surface area (Å²) in [6.07, 6.45) is 6.48. The first-order chi connectivity index (χ1) is 11.1. The van der Waals surface area contributed by atoms with E-state index in [0.717, 1.165) is 31.5 Å². The minimum Gasteiger partial charge on any atom is -1.00 e. The lowest BCUT2D eigenvalue weighted by Gasteiger charge is -2.38. The maximum Gasteiger partial charge on any atom is 0.227 e. The monoisotopic (exact) mass is 389 g/mol. The molecule has 2 fully saturated rings. The van der Waals surface area contributed by atoms with Crippen molar-refractivity contribution in [3.63, 3.8) is 0 Å². The van der Waals surface area contributed by atoms with Crippen LogP contribution in [-0.2, 0) is 11.2 Å². The van der Waals surface area contributed by atoms with Crippen LogP contribution in [0.5, 0.6) is 0 Å². The number of rotatable bonds is 4. The van der Waals surface area contributed by atoms with E-state index in [-0.39, 0.29) is 18.3 Å². The van der Waals surface area contributed by atoms with Gasteiger partial charge in [-0.2, -0.15) is 0 Å². The second-order valence-corrected chi connectivity index (χ2v) is 7.48. The molecule has 1 atom stereocenters. The molecule has 3 rings (SSSR count). The maximum atomic E-state index is 12.8. The topological polar surface area (TPSA) is 23.6 Å². The highest BCUT2D eigenvalue weighted by atomic mass is 35.5. The van der Waals surface area contributed by atoms with Gasteiger partial charge in [-0.3, -0.25) is 4.79 Å².